The molecule has 0 aliphatic rings. The molecule has 3 nitrogen and oxygen atoms in total. The Morgan fingerprint density at radius 1 is 0.857 bits per heavy atom. The van der Waals surface area contributed by atoms with Crippen molar-refractivity contribution in [3.05, 3.63) is 60.2 Å². The van der Waals surface area contributed by atoms with Crippen LogP contribution in [0.3, 0.4) is 0 Å². The first-order chi connectivity index (χ1) is 9.97. The van der Waals surface area contributed by atoms with Gasteiger partial charge in [-0.1, -0.05) is 27.7 Å². The van der Waals surface area contributed by atoms with E-state index in [2.05, 4.69) is 44.8 Å². The highest BCUT2D eigenvalue weighted by Crippen LogP contribution is 2.05. The fourth-order valence-electron chi connectivity index (χ4n) is 2.05. The minimum absolute atomic E-state index is 0.671. The van der Waals surface area contributed by atoms with Gasteiger partial charge in [-0.3, -0.25) is 10.2 Å². The molecule has 0 bridgehead atoms. The van der Waals surface area contributed by atoms with Crippen LogP contribution in [0, 0.1) is 11.8 Å². The van der Waals surface area contributed by atoms with Gasteiger partial charge < -0.3 is 0 Å². The zero-order valence-corrected chi connectivity index (χ0v) is 13.5. The number of pyridine rings is 2. The zero-order chi connectivity index (χ0) is 15.7. The van der Waals surface area contributed by atoms with Crippen LogP contribution in [0.2, 0.25) is 0 Å². The molecule has 0 saturated carbocycles. The van der Waals surface area contributed by atoms with Crippen LogP contribution in [-0.4, -0.2) is 10.2 Å². The lowest BCUT2D eigenvalue weighted by Crippen LogP contribution is -2.28. The minimum atomic E-state index is 0.671. The second-order valence-corrected chi connectivity index (χ2v) is 6.14. The Morgan fingerprint density at radius 3 is 1.71 bits per heavy atom. The van der Waals surface area contributed by atoms with E-state index < -0.39 is 0 Å². The quantitative estimate of drug-likeness (QED) is 0.688. The summed E-state index contributed by atoms with van der Waals surface area (Å²) in [5.74, 6) is 1.41. The Balaban J connectivity index is 0.000000211. The average Bonchev–Trinajstić information content (AvgIpc) is 2.42. The molecule has 114 valence electrons. The molecule has 0 fully saturated rings. The van der Waals surface area contributed by atoms with Crippen molar-refractivity contribution >= 4 is 0 Å². The Hall–Kier alpha value is -1.90. The van der Waals surface area contributed by atoms with Gasteiger partial charge >= 0.3 is 0 Å². The normalized spacial score (nSPS) is 10.4. The summed E-state index contributed by atoms with van der Waals surface area (Å²) in [6, 6.07) is 8.00. The molecule has 2 aromatic heterocycles. The number of hydrogen-bond donors (Lipinski definition) is 1. The van der Waals surface area contributed by atoms with Crippen LogP contribution < -0.4 is 4.73 Å². The molecule has 21 heavy (non-hydrogen) atoms. The van der Waals surface area contributed by atoms with Crippen LogP contribution in [0.1, 0.15) is 38.8 Å². The van der Waals surface area contributed by atoms with Crippen LogP contribution in [0.4, 0.5) is 0 Å². The van der Waals surface area contributed by atoms with Crippen molar-refractivity contribution in [2.24, 2.45) is 11.8 Å². The number of aromatic nitrogens is 2. The first-order valence-electron chi connectivity index (χ1n) is 7.55. The van der Waals surface area contributed by atoms with Gasteiger partial charge in [0.25, 0.3) is 0 Å². The lowest BCUT2D eigenvalue weighted by molar-refractivity contribution is -0.904. The molecule has 3 heteroatoms. The van der Waals surface area contributed by atoms with Gasteiger partial charge in [-0.15, -0.1) is 0 Å². The Bertz CT molecular complexity index is 492. The van der Waals surface area contributed by atoms with Crippen LogP contribution in [0.25, 0.3) is 0 Å². The van der Waals surface area contributed by atoms with E-state index in [-0.39, 0.29) is 0 Å². The van der Waals surface area contributed by atoms with Crippen molar-refractivity contribution in [3.63, 3.8) is 0 Å². The average molecular weight is 287 g/mol. The molecule has 2 rings (SSSR count). The topological polar surface area (TPSA) is 37.0 Å². The Kier molecular flexibility index (Phi) is 7.44. The monoisotopic (exact) mass is 287 g/mol. The predicted molar refractivity (Wildman–Crippen MR) is 85.1 cm³/mol. The van der Waals surface area contributed by atoms with E-state index in [1.807, 2.05) is 24.5 Å². The van der Waals surface area contributed by atoms with E-state index in [9.17, 15) is 0 Å². The van der Waals surface area contributed by atoms with Gasteiger partial charge in [-0.25, -0.2) is 0 Å². The van der Waals surface area contributed by atoms with Gasteiger partial charge in [-0.2, -0.15) is 0 Å². The van der Waals surface area contributed by atoms with E-state index in [1.54, 1.807) is 12.4 Å². The molecule has 0 atom stereocenters. The molecule has 0 spiro atoms. The third-order valence-corrected chi connectivity index (χ3v) is 2.92. The summed E-state index contributed by atoms with van der Waals surface area (Å²) in [7, 11) is 0. The molecule has 0 aliphatic heterocycles. The fraction of sp³-hybridized carbons (Fsp3) is 0.444. The van der Waals surface area contributed by atoms with Crippen LogP contribution in [0.5, 0.6) is 0 Å². The van der Waals surface area contributed by atoms with Crippen LogP contribution in [0.15, 0.2) is 49.1 Å². The number of hydrogen-bond acceptors (Lipinski definition) is 2. The highest BCUT2D eigenvalue weighted by molar-refractivity contribution is 5.09. The molecule has 0 amide bonds. The van der Waals surface area contributed by atoms with Gasteiger partial charge in [-0.05, 0) is 47.9 Å². The summed E-state index contributed by atoms with van der Waals surface area (Å²) in [4.78, 5) is 3.95. The van der Waals surface area contributed by atoms with Crippen LogP contribution >= 0.6 is 0 Å². The first kappa shape index (κ1) is 17.2. The lowest BCUT2D eigenvalue weighted by Gasteiger charge is -2.02. The van der Waals surface area contributed by atoms with Crippen molar-refractivity contribution in [1.82, 2.24) is 4.98 Å². The summed E-state index contributed by atoms with van der Waals surface area (Å²) in [6.07, 6.45) is 9.22. The number of rotatable bonds is 4. The van der Waals surface area contributed by atoms with Gasteiger partial charge in [0.15, 0.2) is 0 Å². The third-order valence-electron chi connectivity index (χ3n) is 2.92. The smallest absolute Gasteiger partial charge is 0.222 e. The lowest BCUT2D eigenvalue weighted by atomic mass is 10.0. The van der Waals surface area contributed by atoms with Crippen molar-refractivity contribution in [3.8, 4) is 0 Å². The van der Waals surface area contributed by atoms with E-state index in [0.717, 1.165) is 23.5 Å². The van der Waals surface area contributed by atoms with E-state index in [1.165, 1.54) is 11.1 Å². The highest BCUT2D eigenvalue weighted by Gasteiger charge is 1.99. The van der Waals surface area contributed by atoms with E-state index in [4.69, 9.17) is 5.21 Å². The second kappa shape index (κ2) is 9.11. The van der Waals surface area contributed by atoms with Gasteiger partial charge in [0.1, 0.15) is 0 Å². The molecular formula is C18H27N2O+. The summed E-state index contributed by atoms with van der Waals surface area (Å²) < 4.78 is 1.06. The van der Waals surface area contributed by atoms with Crippen molar-refractivity contribution in [2.75, 3.05) is 0 Å². The maximum Gasteiger partial charge on any atom is 0.222 e. The molecular weight excluding hydrogens is 260 g/mol. The maximum absolute atomic E-state index is 8.91. The van der Waals surface area contributed by atoms with E-state index >= 15 is 0 Å². The standard InChI is InChI=1S/C9H14NO.C9H13N/c1-8(2)7-9-3-5-10(11)6-4-9;1-8(2)7-9-3-5-10-6-4-9/h3-6,8,11H,7H2,1-2H3;3-6,8H,7H2,1-2H3/q+1;. The second-order valence-electron chi connectivity index (χ2n) is 6.14. The molecule has 0 unspecified atom stereocenters. The summed E-state index contributed by atoms with van der Waals surface area (Å²) in [6.45, 7) is 8.81. The Morgan fingerprint density at radius 2 is 1.29 bits per heavy atom. The largest absolute Gasteiger partial charge is 0.285 e. The minimum Gasteiger partial charge on any atom is -0.285 e. The van der Waals surface area contributed by atoms with Crippen molar-refractivity contribution in [2.45, 2.75) is 40.5 Å². The van der Waals surface area contributed by atoms with Crippen molar-refractivity contribution in [1.29, 1.82) is 0 Å². The number of nitrogens with zero attached hydrogens (tertiary/aromatic N) is 2. The molecule has 0 saturated heterocycles. The van der Waals surface area contributed by atoms with Gasteiger partial charge in [0.2, 0.25) is 12.4 Å². The van der Waals surface area contributed by atoms with Gasteiger partial charge in [0, 0.05) is 29.3 Å². The summed E-state index contributed by atoms with van der Waals surface area (Å²) in [5, 5.41) is 8.91. The van der Waals surface area contributed by atoms with E-state index in [0.29, 0.717) is 5.92 Å². The predicted octanol–water partition coefficient (Wildman–Crippen LogP) is 3.69. The summed E-state index contributed by atoms with van der Waals surface area (Å²) >= 11 is 0. The SMILES string of the molecule is CC(C)Cc1cc[n+](O)cc1.CC(C)Cc1ccncc1. The Labute approximate surface area is 128 Å². The highest BCUT2D eigenvalue weighted by atomic mass is 16.5. The fourth-order valence-corrected chi connectivity index (χ4v) is 2.05. The molecule has 0 aliphatic carbocycles. The summed E-state index contributed by atoms with van der Waals surface area (Å²) in [5.41, 5.74) is 2.65. The molecule has 0 aromatic carbocycles. The third kappa shape index (κ3) is 8.08. The molecule has 2 heterocycles. The van der Waals surface area contributed by atoms with Crippen molar-refractivity contribution < 1.29 is 9.94 Å². The molecule has 0 radical (unpaired) electrons. The van der Waals surface area contributed by atoms with Gasteiger partial charge in [0.05, 0.1) is 0 Å². The molecule has 2 aromatic rings. The molecule has 1 N–H and O–H groups in total. The van der Waals surface area contributed by atoms with Crippen LogP contribution in [-0.2, 0) is 12.8 Å². The zero-order valence-electron chi connectivity index (χ0n) is 13.5. The maximum atomic E-state index is 8.91. The first-order valence-corrected chi connectivity index (χ1v) is 7.55.